The Kier molecular flexibility index (Phi) is 7.18. The van der Waals surface area contributed by atoms with Gasteiger partial charge in [0.2, 0.25) is 5.88 Å². The van der Waals surface area contributed by atoms with E-state index in [1.807, 2.05) is 48.5 Å². The van der Waals surface area contributed by atoms with Crippen molar-refractivity contribution in [1.29, 1.82) is 0 Å². The number of nitrogens with zero attached hydrogens (tertiary/aromatic N) is 3. The molecule has 156 valence electrons. The number of benzene rings is 2. The second kappa shape index (κ2) is 10.2. The van der Waals surface area contributed by atoms with Gasteiger partial charge >= 0.3 is 0 Å². The molecule has 1 aliphatic heterocycles. The number of rotatable bonds is 6. The molecule has 2 aromatic carbocycles. The third-order valence-corrected chi connectivity index (χ3v) is 5.58. The van der Waals surface area contributed by atoms with Gasteiger partial charge in [-0.1, -0.05) is 47.5 Å². The van der Waals surface area contributed by atoms with Gasteiger partial charge in [-0.25, -0.2) is 9.97 Å². The van der Waals surface area contributed by atoms with E-state index >= 15 is 0 Å². The predicted octanol–water partition coefficient (Wildman–Crippen LogP) is 4.79. The normalized spacial score (nSPS) is 15.0. The maximum atomic E-state index is 6.07. The van der Waals surface area contributed by atoms with Crippen LogP contribution in [0.5, 0.6) is 5.88 Å². The van der Waals surface area contributed by atoms with Gasteiger partial charge in [-0.3, -0.25) is 4.90 Å². The van der Waals surface area contributed by atoms with Crippen molar-refractivity contribution in [3.8, 4) is 28.4 Å². The van der Waals surface area contributed by atoms with Gasteiger partial charge in [-0.05, 0) is 43.8 Å². The molecule has 0 amide bonds. The summed E-state index contributed by atoms with van der Waals surface area (Å²) in [5, 5.41) is 4.78. The first-order valence-corrected chi connectivity index (χ1v) is 10.9. The Balaban J connectivity index is 1.56. The van der Waals surface area contributed by atoms with Crippen molar-refractivity contribution in [1.82, 2.24) is 20.2 Å². The monoisotopic (exact) mass is 442 g/mol. The highest BCUT2D eigenvalue weighted by Gasteiger charge is 2.14. The van der Waals surface area contributed by atoms with Crippen molar-refractivity contribution >= 4 is 23.2 Å². The molecule has 0 saturated carbocycles. The fourth-order valence-electron chi connectivity index (χ4n) is 3.48. The first kappa shape index (κ1) is 21.1. The number of halogens is 2. The third-order valence-electron chi connectivity index (χ3n) is 5.08. The maximum absolute atomic E-state index is 6.07. The quantitative estimate of drug-likeness (QED) is 0.594. The molecule has 2 heterocycles. The van der Waals surface area contributed by atoms with E-state index in [9.17, 15) is 0 Å². The van der Waals surface area contributed by atoms with E-state index in [-0.39, 0.29) is 0 Å². The fourth-order valence-corrected chi connectivity index (χ4v) is 3.73. The van der Waals surface area contributed by atoms with Gasteiger partial charge in [0.15, 0.2) is 0 Å². The topological polar surface area (TPSA) is 50.3 Å². The lowest BCUT2D eigenvalue weighted by Gasteiger charge is -2.19. The zero-order valence-electron chi connectivity index (χ0n) is 16.7. The Morgan fingerprint density at radius 1 is 0.867 bits per heavy atom. The SMILES string of the molecule is Clc1ccc(-c2ncc(OCCN3CCCNCC3)nc2-c2ccc(Cl)cc2)cc1. The molecule has 1 aliphatic rings. The molecule has 1 N–H and O–H groups in total. The van der Waals surface area contributed by atoms with Gasteiger partial charge in [0, 0.05) is 40.8 Å². The molecular formula is C23H24Cl2N4O. The lowest BCUT2D eigenvalue weighted by molar-refractivity contribution is 0.213. The van der Waals surface area contributed by atoms with Crippen LogP contribution in [-0.4, -0.2) is 54.2 Å². The molecule has 0 bridgehead atoms. The van der Waals surface area contributed by atoms with Crippen LogP contribution in [0.25, 0.3) is 22.5 Å². The molecule has 0 spiro atoms. The van der Waals surface area contributed by atoms with Crippen LogP contribution in [0.1, 0.15) is 6.42 Å². The van der Waals surface area contributed by atoms with E-state index in [0.29, 0.717) is 22.5 Å². The Morgan fingerprint density at radius 2 is 1.53 bits per heavy atom. The summed E-state index contributed by atoms with van der Waals surface area (Å²) < 4.78 is 5.96. The molecule has 7 heteroatoms. The molecule has 5 nitrogen and oxygen atoms in total. The van der Waals surface area contributed by atoms with Gasteiger partial charge < -0.3 is 10.1 Å². The zero-order valence-corrected chi connectivity index (χ0v) is 18.2. The highest BCUT2D eigenvalue weighted by atomic mass is 35.5. The Labute approximate surface area is 187 Å². The number of hydrogen-bond donors (Lipinski definition) is 1. The molecule has 0 aliphatic carbocycles. The van der Waals surface area contributed by atoms with Gasteiger partial charge in [-0.15, -0.1) is 0 Å². The summed E-state index contributed by atoms with van der Waals surface area (Å²) >= 11 is 12.1. The molecule has 0 radical (unpaired) electrons. The van der Waals surface area contributed by atoms with Crippen molar-refractivity contribution in [2.75, 3.05) is 39.3 Å². The molecular weight excluding hydrogens is 419 g/mol. The molecule has 3 aromatic rings. The van der Waals surface area contributed by atoms with Crippen LogP contribution in [0.2, 0.25) is 10.0 Å². The van der Waals surface area contributed by atoms with Crippen LogP contribution < -0.4 is 10.1 Å². The van der Waals surface area contributed by atoms with Crippen molar-refractivity contribution in [2.45, 2.75) is 6.42 Å². The Morgan fingerprint density at radius 3 is 2.23 bits per heavy atom. The minimum absolute atomic E-state index is 0.519. The molecule has 1 aromatic heterocycles. The van der Waals surface area contributed by atoms with Crippen molar-refractivity contribution in [3.05, 3.63) is 64.8 Å². The molecule has 30 heavy (non-hydrogen) atoms. The van der Waals surface area contributed by atoms with E-state index < -0.39 is 0 Å². The minimum Gasteiger partial charge on any atom is -0.475 e. The van der Waals surface area contributed by atoms with Gasteiger partial charge in [0.05, 0.1) is 11.9 Å². The smallest absolute Gasteiger partial charge is 0.232 e. The first-order valence-electron chi connectivity index (χ1n) is 10.1. The lowest BCUT2D eigenvalue weighted by atomic mass is 10.0. The summed E-state index contributed by atoms with van der Waals surface area (Å²) in [5.74, 6) is 0.519. The molecule has 0 unspecified atom stereocenters. The highest BCUT2D eigenvalue weighted by Crippen LogP contribution is 2.31. The van der Waals surface area contributed by atoms with E-state index in [1.165, 1.54) is 0 Å². The average molecular weight is 443 g/mol. The molecule has 1 fully saturated rings. The van der Waals surface area contributed by atoms with Crippen LogP contribution in [-0.2, 0) is 0 Å². The third kappa shape index (κ3) is 5.49. The molecule has 1 saturated heterocycles. The number of ether oxygens (including phenoxy) is 1. The Hall–Kier alpha value is -2.18. The van der Waals surface area contributed by atoms with Gasteiger partial charge in [0.1, 0.15) is 12.3 Å². The van der Waals surface area contributed by atoms with Gasteiger partial charge in [0.25, 0.3) is 0 Å². The predicted molar refractivity (Wildman–Crippen MR) is 122 cm³/mol. The summed E-state index contributed by atoms with van der Waals surface area (Å²) in [7, 11) is 0. The highest BCUT2D eigenvalue weighted by molar-refractivity contribution is 6.31. The van der Waals surface area contributed by atoms with Crippen LogP contribution in [0.3, 0.4) is 0 Å². The molecule has 4 rings (SSSR count). The minimum atomic E-state index is 0.519. The van der Waals surface area contributed by atoms with Gasteiger partial charge in [-0.2, -0.15) is 0 Å². The fraction of sp³-hybridized carbons (Fsp3) is 0.304. The number of hydrogen-bond acceptors (Lipinski definition) is 5. The van der Waals surface area contributed by atoms with E-state index in [1.54, 1.807) is 6.20 Å². The summed E-state index contributed by atoms with van der Waals surface area (Å²) in [6, 6.07) is 15.2. The summed E-state index contributed by atoms with van der Waals surface area (Å²) in [4.78, 5) is 11.9. The standard InChI is InChI=1S/C23H24Cl2N4O/c24-19-6-2-17(3-7-19)22-23(18-4-8-20(25)9-5-18)28-21(16-27-22)30-15-14-29-12-1-10-26-11-13-29/h2-9,16,26H,1,10-15H2. The van der Waals surface area contributed by atoms with Crippen LogP contribution in [0.15, 0.2) is 54.7 Å². The van der Waals surface area contributed by atoms with Crippen molar-refractivity contribution < 1.29 is 4.74 Å². The average Bonchev–Trinajstić information content (AvgIpc) is 3.04. The van der Waals surface area contributed by atoms with E-state index in [4.69, 9.17) is 32.9 Å². The second-order valence-electron chi connectivity index (χ2n) is 7.21. The molecule has 0 atom stereocenters. The van der Waals surface area contributed by atoms with Crippen molar-refractivity contribution in [3.63, 3.8) is 0 Å². The van der Waals surface area contributed by atoms with E-state index in [2.05, 4.69) is 15.2 Å². The number of nitrogens with one attached hydrogen (secondary N) is 1. The van der Waals surface area contributed by atoms with E-state index in [0.717, 1.165) is 61.7 Å². The largest absolute Gasteiger partial charge is 0.475 e. The zero-order chi connectivity index (χ0) is 20.8. The summed E-state index contributed by atoms with van der Waals surface area (Å²) in [6.07, 6.45) is 2.85. The first-order chi connectivity index (χ1) is 14.7. The second-order valence-corrected chi connectivity index (χ2v) is 8.09. The van der Waals surface area contributed by atoms with Crippen LogP contribution in [0, 0.1) is 0 Å². The van der Waals surface area contributed by atoms with Crippen molar-refractivity contribution in [2.24, 2.45) is 0 Å². The maximum Gasteiger partial charge on any atom is 0.232 e. The number of aromatic nitrogens is 2. The lowest BCUT2D eigenvalue weighted by Crippen LogP contribution is -2.32. The van der Waals surface area contributed by atoms with Crippen LogP contribution >= 0.6 is 23.2 Å². The van der Waals surface area contributed by atoms with Crippen LogP contribution in [0.4, 0.5) is 0 Å². The Bertz CT molecular complexity index is 956. The summed E-state index contributed by atoms with van der Waals surface area (Å²) in [5.41, 5.74) is 3.41. The summed E-state index contributed by atoms with van der Waals surface area (Å²) in [6.45, 7) is 5.69.